The highest BCUT2D eigenvalue weighted by atomic mass is 32.1. The van der Waals surface area contributed by atoms with Crippen molar-refractivity contribution in [1.29, 1.82) is 0 Å². The molecular formula is C44H30N4O4S2. The van der Waals surface area contributed by atoms with Crippen molar-refractivity contribution in [2.75, 3.05) is 22.9 Å². The van der Waals surface area contributed by atoms with Gasteiger partial charge in [0.2, 0.25) is 0 Å². The lowest BCUT2D eigenvalue weighted by Crippen LogP contribution is -2.30. The smallest absolute Gasteiger partial charge is 0.304 e. The Morgan fingerprint density at radius 3 is 1.19 bits per heavy atom. The van der Waals surface area contributed by atoms with Crippen LogP contribution in [0.5, 0.6) is 0 Å². The van der Waals surface area contributed by atoms with Gasteiger partial charge in [0.1, 0.15) is 9.98 Å². The Morgan fingerprint density at radius 1 is 0.444 bits per heavy atom. The molecule has 2 aliphatic rings. The van der Waals surface area contributed by atoms with Gasteiger partial charge in [-0.25, -0.2) is 0 Å². The van der Waals surface area contributed by atoms with Gasteiger partial charge in [-0.15, -0.1) is 0 Å². The normalized spacial score (nSPS) is 16.5. The molecule has 2 amide bonds. The third-order valence-electron chi connectivity index (χ3n) is 9.42. The van der Waals surface area contributed by atoms with Crippen LogP contribution in [0.1, 0.15) is 11.1 Å². The van der Waals surface area contributed by atoms with Crippen LogP contribution in [0, 0.1) is 0 Å². The molecule has 8 rings (SSSR count). The highest BCUT2D eigenvalue weighted by Gasteiger charge is 2.44. The van der Waals surface area contributed by atoms with Crippen LogP contribution in [-0.2, 0) is 19.2 Å². The summed E-state index contributed by atoms with van der Waals surface area (Å²) in [5, 5.41) is 10.7. The largest absolute Gasteiger partial charge is 0.382 e. The quantitative estimate of drug-likeness (QED) is 0.0697. The zero-order valence-corrected chi connectivity index (χ0v) is 30.2. The van der Waals surface area contributed by atoms with Crippen molar-refractivity contribution in [3.63, 3.8) is 0 Å². The minimum atomic E-state index is -0.733. The molecule has 0 unspecified atom stereocenters. The minimum Gasteiger partial charge on any atom is -0.382 e. The zero-order valence-electron chi connectivity index (χ0n) is 28.6. The van der Waals surface area contributed by atoms with Gasteiger partial charge in [0.15, 0.2) is 0 Å². The Kier molecular flexibility index (Phi) is 9.20. The number of rotatable bonds is 9. The molecular weight excluding hydrogens is 713 g/mol. The van der Waals surface area contributed by atoms with E-state index in [1.54, 1.807) is 48.5 Å². The number of benzene rings is 6. The molecule has 0 radical (unpaired) electrons. The van der Waals surface area contributed by atoms with Crippen LogP contribution in [-0.4, -0.2) is 46.4 Å². The molecule has 6 aromatic rings. The molecule has 0 saturated carbocycles. The number of ketones is 2. The van der Waals surface area contributed by atoms with E-state index >= 15 is 0 Å². The van der Waals surface area contributed by atoms with Crippen molar-refractivity contribution in [2.45, 2.75) is 0 Å². The fourth-order valence-electron chi connectivity index (χ4n) is 6.82. The van der Waals surface area contributed by atoms with Gasteiger partial charge < -0.3 is 10.6 Å². The average molecular weight is 743 g/mol. The summed E-state index contributed by atoms with van der Waals surface area (Å²) in [5.74, 6) is -2.90. The molecule has 2 N–H and O–H groups in total. The van der Waals surface area contributed by atoms with Crippen LogP contribution in [0.2, 0.25) is 0 Å². The van der Waals surface area contributed by atoms with Crippen LogP contribution < -0.4 is 20.4 Å². The van der Waals surface area contributed by atoms with Crippen LogP contribution in [0.3, 0.4) is 0 Å². The molecule has 0 atom stereocenters. The van der Waals surface area contributed by atoms with E-state index in [9.17, 15) is 19.2 Å². The number of hydrogen-bond acceptors (Lipinski definition) is 8. The molecule has 6 aromatic carbocycles. The number of anilines is 2. The van der Waals surface area contributed by atoms with Crippen molar-refractivity contribution in [3.05, 3.63) is 168 Å². The van der Waals surface area contributed by atoms with Crippen molar-refractivity contribution in [3.8, 4) is 0 Å². The number of carbonyl (C=O) groups excluding carboxylic acids is 4. The molecule has 2 aliphatic heterocycles. The molecule has 10 heteroatoms. The summed E-state index contributed by atoms with van der Waals surface area (Å²) < 4.78 is 0. The number of fused-ring (bicyclic) bond motifs is 2. The van der Waals surface area contributed by atoms with Gasteiger partial charge in [0.25, 0.3) is 11.6 Å². The van der Waals surface area contributed by atoms with Crippen molar-refractivity contribution < 1.29 is 19.2 Å². The lowest BCUT2D eigenvalue weighted by atomic mass is 10.0. The highest BCUT2D eigenvalue weighted by Crippen LogP contribution is 2.33. The topological polar surface area (TPSA) is 98.8 Å². The van der Waals surface area contributed by atoms with Gasteiger partial charge >= 0.3 is 11.8 Å². The summed E-state index contributed by atoms with van der Waals surface area (Å²) in [4.78, 5) is 57.1. The van der Waals surface area contributed by atoms with Crippen LogP contribution in [0.4, 0.5) is 11.4 Å². The van der Waals surface area contributed by atoms with Gasteiger partial charge in [-0.2, -0.15) is 0 Å². The van der Waals surface area contributed by atoms with Crippen LogP contribution in [0.15, 0.2) is 157 Å². The third kappa shape index (κ3) is 6.17. The van der Waals surface area contributed by atoms with Gasteiger partial charge in [0.05, 0.1) is 33.9 Å². The predicted octanol–water partition coefficient (Wildman–Crippen LogP) is 7.18. The van der Waals surface area contributed by atoms with Crippen molar-refractivity contribution in [1.82, 2.24) is 10.6 Å². The van der Waals surface area contributed by atoms with Gasteiger partial charge in [0, 0.05) is 13.1 Å². The molecule has 2 fully saturated rings. The summed E-state index contributed by atoms with van der Waals surface area (Å²) in [5.41, 5.74) is 3.34. The standard InChI is InChI=1S/C44H30N4O4S2/c49-39-35(43(53)47(41(39)51)33-15-3-1-4-16-33)37(31-21-19-27-11-7-9-13-29(27)25-31)45-23-24-46-38(32-22-20-28-12-8-10-14-30(28)26-32)36-40(50)42(52)48(44(36)54)34-17-5-2-6-18-34/h1-22,25-26,45-46H,23-24H2. The molecule has 262 valence electrons. The monoisotopic (exact) mass is 742 g/mol. The second kappa shape index (κ2) is 14.4. The number of carbonyl (C=O) groups is 4. The maximum absolute atomic E-state index is 13.7. The van der Waals surface area contributed by atoms with E-state index < -0.39 is 23.4 Å². The van der Waals surface area contributed by atoms with E-state index in [0.29, 0.717) is 33.9 Å². The number of thiocarbonyl (C=S) groups is 2. The Bertz CT molecular complexity index is 2450. The predicted molar refractivity (Wildman–Crippen MR) is 221 cm³/mol. The zero-order chi connectivity index (χ0) is 37.3. The van der Waals surface area contributed by atoms with E-state index in [0.717, 1.165) is 21.5 Å². The maximum Gasteiger partial charge on any atom is 0.304 e. The molecule has 2 saturated heterocycles. The number of para-hydroxylation sites is 2. The fourth-order valence-corrected chi connectivity index (χ4v) is 7.58. The SMILES string of the molecule is O=C1C(=O)N(c2ccccc2)C(=S)C1=C(NCCNC(=C1C(=O)C(=O)N(c2ccccc2)C1=S)c1ccc2ccccc2c1)c1ccc2ccccc2c1. The van der Waals surface area contributed by atoms with Gasteiger partial charge in [-0.05, 0) is 69.1 Å². The Labute approximate surface area is 321 Å². The summed E-state index contributed by atoms with van der Waals surface area (Å²) in [6.45, 7) is 0.450. The van der Waals surface area contributed by atoms with Crippen molar-refractivity contribution >= 4 is 102 Å². The molecule has 54 heavy (non-hydrogen) atoms. The lowest BCUT2D eigenvalue weighted by Gasteiger charge is -2.19. The molecule has 0 aromatic heterocycles. The molecule has 2 heterocycles. The first kappa shape index (κ1) is 34.5. The Hall–Kier alpha value is -6.62. The lowest BCUT2D eigenvalue weighted by molar-refractivity contribution is -0.132. The second-order valence-corrected chi connectivity index (χ2v) is 13.5. The maximum atomic E-state index is 13.7. The van der Waals surface area contributed by atoms with Crippen LogP contribution >= 0.6 is 24.4 Å². The van der Waals surface area contributed by atoms with Gasteiger partial charge in [-0.3, -0.25) is 29.0 Å². The fraction of sp³-hybridized carbons (Fsp3) is 0.0455. The highest BCUT2D eigenvalue weighted by molar-refractivity contribution is 7.81. The summed E-state index contributed by atoms with van der Waals surface area (Å²) in [7, 11) is 0. The van der Waals surface area contributed by atoms with E-state index in [-0.39, 0.29) is 34.2 Å². The number of nitrogens with zero attached hydrogens (tertiary/aromatic N) is 2. The second-order valence-electron chi connectivity index (χ2n) is 12.7. The molecule has 0 aliphatic carbocycles. The molecule has 0 bridgehead atoms. The number of hydrogen-bond donors (Lipinski definition) is 2. The van der Waals surface area contributed by atoms with E-state index in [2.05, 4.69) is 10.6 Å². The first-order valence-electron chi connectivity index (χ1n) is 17.2. The Balaban J connectivity index is 1.16. The van der Waals surface area contributed by atoms with Gasteiger partial charge in [-0.1, -0.05) is 134 Å². The summed E-state index contributed by atoms with van der Waals surface area (Å²) in [6, 6.07) is 45.0. The third-order valence-corrected chi connectivity index (χ3v) is 10.2. The molecule has 0 spiro atoms. The number of Topliss-reactive ketones (excluding diaryl/α,β-unsaturated/α-hetero) is 2. The summed E-state index contributed by atoms with van der Waals surface area (Å²) >= 11 is 11.7. The minimum absolute atomic E-state index is 0.0958. The number of amides is 2. The molecule has 8 nitrogen and oxygen atoms in total. The Morgan fingerprint density at radius 2 is 0.796 bits per heavy atom. The summed E-state index contributed by atoms with van der Waals surface area (Å²) in [6.07, 6.45) is 0. The van der Waals surface area contributed by atoms with E-state index in [4.69, 9.17) is 24.4 Å². The van der Waals surface area contributed by atoms with E-state index in [1.807, 2.05) is 97.1 Å². The van der Waals surface area contributed by atoms with E-state index in [1.165, 1.54) is 9.80 Å². The first-order valence-corrected chi connectivity index (χ1v) is 18.0. The average Bonchev–Trinajstić information content (AvgIpc) is 3.57. The number of nitrogens with one attached hydrogen (secondary N) is 2. The van der Waals surface area contributed by atoms with Crippen LogP contribution in [0.25, 0.3) is 32.9 Å². The van der Waals surface area contributed by atoms with Crippen molar-refractivity contribution in [2.24, 2.45) is 0 Å². The first-order chi connectivity index (χ1) is 26.3.